The van der Waals surface area contributed by atoms with E-state index in [1.54, 1.807) is 0 Å². The summed E-state index contributed by atoms with van der Waals surface area (Å²) in [5.74, 6) is 0. The third kappa shape index (κ3) is 95.2. The number of allylic oxidation sites excluding steroid dienone is 4. The molecule has 155 valence electrons. The first kappa shape index (κ1) is 63.9. The maximum atomic E-state index is 6.94. The zero-order valence-corrected chi connectivity index (χ0v) is 22.8. The van der Waals surface area contributed by atoms with Crippen molar-refractivity contribution in [3.05, 3.63) is 104 Å². The molecule has 0 heterocycles. The van der Waals surface area contributed by atoms with Crippen molar-refractivity contribution in [3.63, 3.8) is 0 Å². The quantitative estimate of drug-likeness (QED) is 0.323. The standard InChI is InChI=1S/C6H5.C5H5.C4H10N.5CH3.2ClH.H3Si.Ti/c1-2-4-6-5-3-1;1-2-4-5-3-1;1-4(2,3)5;;;;;;;;;/h1-5H;1-3H,4H2;5H,1-3H3;5*1H3;2*1H;1H3;/q8*-1;;;;. The molecule has 1 N–H and O–H groups in total. The van der Waals surface area contributed by atoms with Crippen LogP contribution < -0.4 is 0 Å². The van der Waals surface area contributed by atoms with Crippen LogP contribution in [0.5, 0.6) is 0 Å². The molecule has 1 nitrogen and oxygen atoms in total. The van der Waals surface area contributed by atoms with Crippen LogP contribution in [0, 0.1) is 49.3 Å². The molecular weight excluding hydrogens is 401 g/mol. The Kier molecular flexibility index (Phi) is 112. The molecule has 2 rings (SSSR count). The minimum Gasteiger partial charge on any atom is -0.673 e. The summed E-state index contributed by atoms with van der Waals surface area (Å²) in [6.07, 6.45) is 10.0. The van der Waals surface area contributed by atoms with Crippen LogP contribution in [0.1, 0.15) is 27.2 Å². The monoisotopic (exact) mass is 440 g/mol. The zero-order valence-electron chi connectivity index (χ0n) is 17.6. The van der Waals surface area contributed by atoms with Crippen molar-refractivity contribution in [1.29, 1.82) is 0 Å². The topological polar surface area (TPSA) is 23.8 Å². The van der Waals surface area contributed by atoms with E-state index in [2.05, 4.69) is 18.2 Å². The summed E-state index contributed by atoms with van der Waals surface area (Å²) in [4.78, 5) is 0. The van der Waals surface area contributed by atoms with Crippen LogP contribution in [0.25, 0.3) is 5.73 Å². The summed E-state index contributed by atoms with van der Waals surface area (Å²) >= 11 is 0. The maximum Gasteiger partial charge on any atom is 0 e. The molecular formula is C20H40Cl2NSiTi-8. The second-order valence-corrected chi connectivity index (χ2v) is 4.33. The largest absolute Gasteiger partial charge is 0.673 e. The summed E-state index contributed by atoms with van der Waals surface area (Å²) in [6.45, 7) is 5.56. The molecule has 0 aromatic heterocycles. The molecule has 1 aliphatic carbocycles. The van der Waals surface area contributed by atoms with Crippen LogP contribution in [0.15, 0.2) is 48.6 Å². The van der Waals surface area contributed by atoms with Gasteiger partial charge in [0.25, 0.3) is 0 Å². The second-order valence-electron chi connectivity index (χ2n) is 4.33. The number of hydrogen-bond acceptors (Lipinski definition) is 0. The Labute approximate surface area is 193 Å². The fourth-order valence-corrected chi connectivity index (χ4v) is 0.682. The van der Waals surface area contributed by atoms with Crippen LogP contribution in [0.3, 0.4) is 0 Å². The molecule has 0 saturated carbocycles. The average molecular weight is 441 g/mol. The molecule has 1 radical (unpaired) electrons. The van der Waals surface area contributed by atoms with E-state index in [0.717, 1.165) is 6.42 Å². The number of benzene rings is 1. The molecule has 0 aliphatic heterocycles. The van der Waals surface area contributed by atoms with E-state index in [1.807, 2.05) is 63.3 Å². The Balaban J connectivity index is -0.0000000144. The molecule has 1 aliphatic rings. The van der Waals surface area contributed by atoms with Gasteiger partial charge >= 0.3 is 0 Å². The molecule has 0 amide bonds. The smallest absolute Gasteiger partial charge is 0 e. The second kappa shape index (κ2) is 44.0. The first-order valence-electron chi connectivity index (χ1n) is 5.38. The van der Waals surface area contributed by atoms with Crippen molar-refractivity contribution in [2.75, 3.05) is 0 Å². The number of rotatable bonds is 0. The van der Waals surface area contributed by atoms with E-state index in [4.69, 9.17) is 5.73 Å². The number of halogens is 2. The van der Waals surface area contributed by atoms with E-state index < -0.39 is 0 Å². The molecule has 1 aromatic carbocycles. The number of hydrogen-bond donors (Lipinski definition) is 0. The van der Waals surface area contributed by atoms with E-state index in [1.165, 1.54) is 0 Å². The van der Waals surface area contributed by atoms with Gasteiger partial charge in [-0.15, -0.1) is 36.8 Å². The van der Waals surface area contributed by atoms with Crippen LogP contribution >= 0.6 is 24.8 Å². The maximum absolute atomic E-state index is 6.94. The molecule has 0 saturated heterocycles. The van der Waals surface area contributed by atoms with Gasteiger partial charge < -0.3 is 42.9 Å². The average Bonchev–Trinajstić information content (AvgIpc) is 2.75. The van der Waals surface area contributed by atoms with Gasteiger partial charge in [0, 0.05) is 21.7 Å². The summed E-state index contributed by atoms with van der Waals surface area (Å²) < 4.78 is 0. The van der Waals surface area contributed by atoms with E-state index in [9.17, 15) is 0 Å². The summed E-state index contributed by atoms with van der Waals surface area (Å²) in [6, 6.07) is 12.5. The normalized spacial score (nSPS) is 7.84. The van der Waals surface area contributed by atoms with Gasteiger partial charge in [0.2, 0.25) is 0 Å². The van der Waals surface area contributed by atoms with Crippen LogP contribution in [-0.2, 0) is 21.7 Å². The minimum atomic E-state index is -0.250. The van der Waals surface area contributed by atoms with Gasteiger partial charge in [-0.05, 0) is 11.0 Å². The summed E-state index contributed by atoms with van der Waals surface area (Å²) in [5.41, 5.74) is 6.69. The molecule has 1 aromatic rings. The predicted octanol–water partition coefficient (Wildman–Crippen LogP) is 6.54. The van der Waals surface area contributed by atoms with Crippen LogP contribution in [0.2, 0.25) is 0 Å². The molecule has 0 unspecified atom stereocenters. The van der Waals surface area contributed by atoms with Crippen molar-refractivity contribution in [3.8, 4) is 0 Å². The first-order chi connectivity index (χ1) is 7.50. The predicted molar refractivity (Wildman–Crippen MR) is 127 cm³/mol. The van der Waals surface area contributed by atoms with E-state index >= 15 is 0 Å². The van der Waals surface area contributed by atoms with Gasteiger partial charge in [-0.2, -0.15) is 42.5 Å². The van der Waals surface area contributed by atoms with Gasteiger partial charge in [-0.25, -0.2) is 12.2 Å². The molecule has 5 heteroatoms. The molecule has 0 atom stereocenters. The van der Waals surface area contributed by atoms with E-state index in [0.29, 0.717) is 0 Å². The van der Waals surface area contributed by atoms with Crippen molar-refractivity contribution in [2.45, 2.75) is 32.7 Å². The Morgan fingerprint density at radius 3 is 1.28 bits per heavy atom. The SMILES string of the molecule is CC(C)(C)[NH-].Cl.Cl.[C-]1=CC=CC1.[CH3-].[CH3-].[CH3-].[CH3-].[CH3-].[SiH3].[Ti].[c-]1ccccc1. The van der Waals surface area contributed by atoms with Gasteiger partial charge in [-0.3, -0.25) is 6.08 Å². The molecule has 0 spiro atoms. The molecule has 25 heavy (non-hydrogen) atoms. The Morgan fingerprint density at radius 1 is 0.840 bits per heavy atom. The van der Waals surface area contributed by atoms with E-state index in [-0.39, 0.29) is 100 Å². The Morgan fingerprint density at radius 2 is 1.20 bits per heavy atom. The van der Waals surface area contributed by atoms with Gasteiger partial charge in [0.1, 0.15) is 0 Å². The Bertz CT molecular complexity index is 271. The molecule has 0 fully saturated rings. The van der Waals surface area contributed by atoms with Gasteiger partial charge in [0.05, 0.1) is 0 Å². The fraction of sp³-hybridized carbons (Fsp3) is 0.250. The third-order valence-electron chi connectivity index (χ3n) is 1.19. The zero-order chi connectivity index (χ0) is 12.3. The Hall–Kier alpha value is 0.171. The summed E-state index contributed by atoms with van der Waals surface area (Å²) in [7, 11) is 0. The van der Waals surface area contributed by atoms with Gasteiger partial charge in [-0.1, -0.05) is 20.8 Å². The third-order valence-corrected chi connectivity index (χ3v) is 1.19. The van der Waals surface area contributed by atoms with Crippen molar-refractivity contribution in [2.24, 2.45) is 0 Å². The van der Waals surface area contributed by atoms with Gasteiger partial charge in [0.15, 0.2) is 0 Å². The number of nitrogens with one attached hydrogen (secondary N) is 1. The minimum absolute atomic E-state index is 0. The van der Waals surface area contributed by atoms with Crippen molar-refractivity contribution in [1.82, 2.24) is 0 Å². The van der Waals surface area contributed by atoms with Crippen molar-refractivity contribution >= 4 is 35.8 Å². The molecule has 0 bridgehead atoms. The van der Waals surface area contributed by atoms with Crippen LogP contribution in [-0.4, -0.2) is 16.5 Å². The van der Waals surface area contributed by atoms with Crippen LogP contribution in [0.4, 0.5) is 0 Å². The fourth-order valence-electron chi connectivity index (χ4n) is 0.682. The summed E-state index contributed by atoms with van der Waals surface area (Å²) in [5, 5.41) is 0. The first-order valence-corrected chi connectivity index (χ1v) is 5.38. The van der Waals surface area contributed by atoms with Crippen molar-refractivity contribution < 1.29 is 21.7 Å².